The maximum absolute atomic E-state index is 12.8. The molecule has 6 heteroatoms. The van der Waals surface area contributed by atoms with Crippen molar-refractivity contribution in [1.82, 2.24) is 0 Å². The van der Waals surface area contributed by atoms with E-state index >= 15 is 0 Å². The van der Waals surface area contributed by atoms with E-state index in [4.69, 9.17) is 0 Å². The Kier molecular flexibility index (Phi) is 2.73. The topological polar surface area (TPSA) is 32.3 Å². The van der Waals surface area contributed by atoms with Gasteiger partial charge in [-0.3, -0.25) is 4.79 Å². The second-order valence-corrected chi connectivity index (χ2v) is 3.69. The molecule has 1 heterocycles. The van der Waals surface area contributed by atoms with E-state index in [1.807, 2.05) is 0 Å². The number of benzene rings is 1. The quantitative estimate of drug-likeness (QED) is 0.823. The van der Waals surface area contributed by atoms with Gasteiger partial charge >= 0.3 is 6.18 Å². The van der Waals surface area contributed by atoms with Crippen LogP contribution >= 0.6 is 0 Å². The number of hydrogen-bond donors (Lipinski definition) is 1. The van der Waals surface area contributed by atoms with Gasteiger partial charge in [-0.2, -0.15) is 13.2 Å². The highest BCUT2D eigenvalue weighted by Gasteiger charge is 2.37. The molecule has 3 nitrogen and oxygen atoms in total. The summed E-state index contributed by atoms with van der Waals surface area (Å²) in [6.07, 6.45) is -4.42. The summed E-state index contributed by atoms with van der Waals surface area (Å²) in [5, 5.41) is 2.54. The number of halogens is 3. The Balaban J connectivity index is 2.56. The summed E-state index contributed by atoms with van der Waals surface area (Å²) < 4.78 is 38.3. The number of carbonyl (C=O) groups excluding carboxylic acids is 1. The van der Waals surface area contributed by atoms with E-state index in [-0.39, 0.29) is 18.1 Å². The molecular weight excluding hydrogens is 233 g/mol. The summed E-state index contributed by atoms with van der Waals surface area (Å²) in [5.41, 5.74) is -0.457. The fraction of sp³-hybridized carbons (Fsp3) is 0.364. The minimum absolute atomic E-state index is 0.0125. The number of fused-ring (bicyclic) bond motifs is 1. The number of hydrogen-bond acceptors (Lipinski definition) is 2. The number of para-hydroxylation sites is 1. The molecule has 1 aromatic rings. The molecule has 1 aliphatic heterocycles. The van der Waals surface area contributed by atoms with Crippen molar-refractivity contribution in [1.29, 1.82) is 0 Å². The summed E-state index contributed by atoms with van der Waals surface area (Å²) in [4.78, 5) is 12.9. The molecule has 1 aliphatic rings. The number of alkyl halides is 3. The van der Waals surface area contributed by atoms with Crippen molar-refractivity contribution in [3.05, 3.63) is 23.8 Å². The number of anilines is 2. The molecule has 17 heavy (non-hydrogen) atoms. The van der Waals surface area contributed by atoms with Crippen LogP contribution in [0.3, 0.4) is 0 Å². The Hall–Kier alpha value is -1.72. The van der Waals surface area contributed by atoms with Crippen molar-refractivity contribution in [3.8, 4) is 0 Å². The number of nitrogens with zero attached hydrogens (tertiary/aromatic N) is 1. The average molecular weight is 244 g/mol. The molecule has 0 radical (unpaired) electrons. The molecule has 1 amide bonds. The second kappa shape index (κ2) is 3.94. The monoisotopic (exact) mass is 244 g/mol. The summed E-state index contributed by atoms with van der Waals surface area (Å²) in [6, 6.07) is 3.83. The zero-order chi connectivity index (χ0) is 12.6. The molecule has 0 spiro atoms. The Morgan fingerprint density at radius 2 is 2.12 bits per heavy atom. The van der Waals surface area contributed by atoms with Gasteiger partial charge in [0.05, 0.1) is 23.5 Å². The molecule has 92 valence electrons. The van der Waals surface area contributed by atoms with E-state index in [9.17, 15) is 18.0 Å². The SMILES string of the molecule is CCN1C(=O)CNc2c1cccc2C(F)(F)F. The van der Waals surface area contributed by atoms with Crippen molar-refractivity contribution in [2.24, 2.45) is 0 Å². The fourth-order valence-electron chi connectivity index (χ4n) is 1.93. The van der Waals surface area contributed by atoms with E-state index < -0.39 is 11.7 Å². The number of likely N-dealkylation sites (N-methyl/N-ethyl adjacent to an activating group) is 1. The lowest BCUT2D eigenvalue weighted by molar-refractivity contribution is -0.137. The summed E-state index contributed by atoms with van der Waals surface area (Å²) in [6.45, 7) is 1.98. The van der Waals surface area contributed by atoms with E-state index in [0.29, 0.717) is 12.2 Å². The Bertz CT molecular complexity index is 457. The third-order valence-corrected chi connectivity index (χ3v) is 2.67. The Morgan fingerprint density at radius 1 is 1.41 bits per heavy atom. The molecule has 0 saturated heterocycles. The largest absolute Gasteiger partial charge is 0.418 e. The van der Waals surface area contributed by atoms with Gasteiger partial charge in [-0.05, 0) is 19.1 Å². The molecule has 1 aromatic carbocycles. The molecule has 0 aliphatic carbocycles. The summed E-state index contributed by atoms with van der Waals surface area (Å²) in [5.74, 6) is -0.223. The van der Waals surface area contributed by atoms with Crippen LogP contribution in [0.5, 0.6) is 0 Å². The molecule has 0 aromatic heterocycles. The zero-order valence-electron chi connectivity index (χ0n) is 9.14. The lowest BCUT2D eigenvalue weighted by Gasteiger charge is -2.31. The van der Waals surface area contributed by atoms with Crippen molar-refractivity contribution < 1.29 is 18.0 Å². The second-order valence-electron chi connectivity index (χ2n) is 3.69. The summed E-state index contributed by atoms with van der Waals surface area (Å²) >= 11 is 0. The highest BCUT2D eigenvalue weighted by atomic mass is 19.4. The first-order valence-corrected chi connectivity index (χ1v) is 5.19. The Morgan fingerprint density at radius 3 is 2.71 bits per heavy atom. The van der Waals surface area contributed by atoms with Crippen LogP contribution in [0.2, 0.25) is 0 Å². The van der Waals surface area contributed by atoms with Gasteiger partial charge in [0.2, 0.25) is 5.91 Å². The number of nitrogens with one attached hydrogen (secondary N) is 1. The van der Waals surface area contributed by atoms with Crippen LogP contribution in [0.1, 0.15) is 12.5 Å². The number of rotatable bonds is 1. The molecule has 1 N–H and O–H groups in total. The van der Waals surface area contributed by atoms with Crippen molar-refractivity contribution in [3.63, 3.8) is 0 Å². The van der Waals surface area contributed by atoms with E-state index in [2.05, 4.69) is 5.32 Å². The molecule has 0 bridgehead atoms. The fourth-order valence-corrected chi connectivity index (χ4v) is 1.93. The Labute approximate surface area is 96.2 Å². The van der Waals surface area contributed by atoms with Gasteiger partial charge in [0.1, 0.15) is 0 Å². The molecule has 0 saturated carbocycles. The van der Waals surface area contributed by atoms with Gasteiger partial charge in [0.15, 0.2) is 0 Å². The van der Waals surface area contributed by atoms with Gasteiger partial charge in [0.25, 0.3) is 0 Å². The smallest absolute Gasteiger partial charge is 0.374 e. The average Bonchev–Trinajstić information content (AvgIpc) is 2.26. The molecule has 2 rings (SSSR count). The van der Waals surface area contributed by atoms with Gasteiger partial charge in [-0.25, -0.2) is 0 Å². The highest BCUT2D eigenvalue weighted by Crippen LogP contribution is 2.41. The van der Waals surface area contributed by atoms with Crippen LogP contribution in [-0.2, 0) is 11.0 Å². The summed E-state index contributed by atoms with van der Waals surface area (Å²) in [7, 11) is 0. The maximum Gasteiger partial charge on any atom is 0.418 e. The molecule has 0 fully saturated rings. The number of amides is 1. The third kappa shape index (κ3) is 1.94. The van der Waals surface area contributed by atoms with Gasteiger partial charge < -0.3 is 10.2 Å². The molecule has 0 atom stereocenters. The van der Waals surface area contributed by atoms with Crippen LogP contribution < -0.4 is 10.2 Å². The minimum atomic E-state index is -4.42. The van der Waals surface area contributed by atoms with Crippen LogP contribution in [0, 0.1) is 0 Å². The first-order valence-electron chi connectivity index (χ1n) is 5.19. The lowest BCUT2D eigenvalue weighted by Crippen LogP contribution is -2.40. The number of carbonyl (C=O) groups is 1. The van der Waals surface area contributed by atoms with E-state index in [1.165, 1.54) is 17.0 Å². The van der Waals surface area contributed by atoms with E-state index in [1.54, 1.807) is 6.92 Å². The predicted octanol–water partition coefficient (Wildman–Crippen LogP) is 2.48. The van der Waals surface area contributed by atoms with Crippen LogP contribution in [0.15, 0.2) is 18.2 Å². The standard InChI is InChI=1S/C11H11F3N2O/c1-2-16-8-5-3-4-7(11(12,13)14)10(8)15-6-9(16)17/h3-5,15H,2,6H2,1H3. The minimum Gasteiger partial charge on any atom is -0.374 e. The maximum atomic E-state index is 12.8. The first kappa shape index (κ1) is 11.8. The van der Waals surface area contributed by atoms with Crippen LogP contribution in [0.25, 0.3) is 0 Å². The molecule has 0 unspecified atom stereocenters. The van der Waals surface area contributed by atoms with Crippen molar-refractivity contribution >= 4 is 17.3 Å². The van der Waals surface area contributed by atoms with Gasteiger partial charge in [-0.1, -0.05) is 6.07 Å². The van der Waals surface area contributed by atoms with Gasteiger partial charge in [0, 0.05) is 6.54 Å². The highest BCUT2D eigenvalue weighted by molar-refractivity contribution is 6.03. The third-order valence-electron chi connectivity index (χ3n) is 2.67. The van der Waals surface area contributed by atoms with Crippen molar-refractivity contribution in [2.45, 2.75) is 13.1 Å². The van der Waals surface area contributed by atoms with Crippen LogP contribution in [0.4, 0.5) is 24.5 Å². The van der Waals surface area contributed by atoms with E-state index in [0.717, 1.165) is 6.07 Å². The molecular formula is C11H11F3N2O. The zero-order valence-corrected chi connectivity index (χ0v) is 9.14. The first-order chi connectivity index (χ1) is 7.95. The lowest BCUT2D eigenvalue weighted by atomic mass is 10.1. The normalized spacial score (nSPS) is 15.5. The van der Waals surface area contributed by atoms with Gasteiger partial charge in [-0.15, -0.1) is 0 Å². The predicted molar refractivity (Wildman–Crippen MR) is 58.0 cm³/mol. The van der Waals surface area contributed by atoms with Crippen LogP contribution in [-0.4, -0.2) is 19.0 Å². The van der Waals surface area contributed by atoms with Crippen molar-refractivity contribution in [2.75, 3.05) is 23.3 Å².